The predicted molar refractivity (Wildman–Crippen MR) is 164 cm³/mol. The van der Waals surface area contributed by atoms with Crippen molar-refractivity contribution in [2.75, 3.05) is 20.8 Å². The third kappa shape index (κ3) is 5.45. The summed E-state index contributed by atoms with van der Waals surface area (Å²) in [7, 11) is 3.30. The number of halogens is 1. The summed E-state index contributed by atoms with van der Waals surface area (Å²) in [5.41, 5.74) is 4.49. The molecule has 1 amide bonds. The predicted octanol–water partition coefficient (Wildman–Crippen LogP) is 6.04. The Labute approximate surface area is 249 Å². The molecule has 5 aromatic rings. The molecule has 0 spiro atoms. The molecule has 42 heavy (non-hydrogen) atoms. The maximum absolute atomic E-state index is 13.3. The van der Waals surface area contributed by atoms with Crippen LogP contribution in [0.5, 0.6) is 11.5 Å². The first kappa shape index (κ1) is 27.5. The number of ether oxygens (including phenoxy) is 2. The summed E-state index contributed by atoms with van der Waals surface area (Å²) in [6, 6.07) is 25.1. The molecule has 1 N–H and O–H groups in total. The Morgan fingerprint density at radius 1 is 0.905 bits per heavy atom. The zero-order valence-electron chi connectivity index (χ0n) is 23.6. The van der Waals surface area contributed by atoms with E-state index in [0.29, 0.717) is 35.4 Å². The zero-order valence-corrected chi connectivity index (χ0v) is 24.4. The molecule has 0 bridgehead atoms. The lowest BCUT2D eigenvalue weighted by Crippen LogP contribution is -2.27. The summed E-state index contributed by atoms with van der Waals surface area (Å²) in [4.78, 5) is 18.4. The van der Waals surface area contributed by atoms with Gasteiger partial charge >= 0.3 is 0 Å². The van der Waals surface area contributed by atoms with Crippen molar-refractivity contribution in [3.63, 3.8) is 0 Å². The quantitative estimate of drug-likeness (QED) is 0.242. The van der Waals surface area contributed by atoms with Gasteiger partial charge in [-0.05, 0) is 72.1 Å². The van der Waals surface area contributed by atoms with Gasteiger partial charge in [0, 0.05) is 22.7 Å². The van der Waals surface area contributed by atoms with Crippen molar-refractivity contribution in [3.8, 4) is 17.2 Å². The standard InChI is InChI=1S/C33H30ClN5O3/c1-20-37-38-33-29(19-31(40)35-15-14-21-4-5-24-17-26(41-2)11-8-23(24)16-21)36-32(22-6-9-25(34)10-7-22)28-18-27(42-3)12-13-30(28)39(20)33/h4-13,16-18,29H,14-15,19H2,1-3H3,(H,35,40)/t29-/m0/s1. The molecule has 1 aliphatic rings. The van der Waals surface area contributed by atoms with Crippen LogP contribution in [0.4, 0.5) is 0 Å². The molecule has 6 rings (SSSR count). The third-order valence-corrected chi connectivity index (χ3v) is 7.73. The van der Waals surface area contributed by atoms with E-state index in [1.807, 2.05) is 72.2 Å². The average Bonchev–Trinajstić information content (AvgIpc) is 3.33. The Bertz CT molecular complexity index is 1810. The second-order valence-electron chi connectivity index (χ2n) is 10.2. The van der Waals surface area contributed by atoms with Crippen molar-refractivity contribution in [1.82, 2.24) is 20.1 Å². The van der Waals surface area contributed by atoms with Gasteiger partial charge in [0.05, 0.1) is 32.0 Å². The topological polar surface area (TPSA) is 90.6 Å². The van der Waals surface area contributed by atoms with E-state index in [2.05, 4.69) is 33.7 Å². The van der Waals surface area contributed by atoms with Gasteiger partial charge in [-0.1, -0.05) is 48.0 Å². The molecule has 212 valence electrons. The van der Waals surface area contributed by atoms with Crippen LogP contribution < -0.4 is 14.8 Å². The first-order valence-electron chi connectivity index (χ1n) is 13.7. The van der Waals surface area contributed by atoms with Gasteiger partial charge in [-0.25, -0.2) is 0 Å². The number of nitrogens with zero attached hydrogens (tertiary/aromatic N) is 4. The van der Waals surface area contributed by atoms with E-state index in [0.717, 1.165) is 44.6 Å². The first-order valence-corrected chi connectivity index (χ1v) is 14.1. The number of hydrogen-bond acceptors (Lipinski definition) is 6. The number of methoxy groups -OCH3 is 2. The fourth-order valence-electron chi connectivity index (χ4n) is 5.33. The van der Waals surface area contributed by atoms with E-state index in [1.165, 1.54) is 0 Å². The van der Waals surface area contributed by atoms with E-state index in [1.54, 1.807) is 14.2 Å². The van der Waals surface area contributed by atoms with Crippen LogP contribution in [0.25, 0.3) is 16.5 Å². The minimum Gasteiger partial charge on any atom is -0.497 e. The average molecular weight is 580 g/mol. The van der Waals surface area contributed by atoms with E-state index in [4.69, 9.17) is 26.1 Å². The highest BCUT2D eigenvalue weighted by molar-refractivity contribution is 6.30. The van der Waals surface area contributed by atoms with Gasteiger partial charge in [0.1, 0.15) is 23.4 Å². The molecule has 0 fully saturated rings. The number of fused-ring (bicyclic) bond motifs is 4. The van der Waals surface area contributed by atoms with Crippen molar-refractivity contribution < 1.29 is 14.3 Å². The van der Waals surface area contributed by atoms with E-state index in [-0.39, 0.29) is 12.3 Å². The van der Waals surface area contributed by atoms with Crippen molar-refractivity contribution >= 4 is 34.0 Å². The van der Waals surface area contributed by atoms with Gasteiger partial charge in [0.15, 0.2) is 5.82 Å². The Hall–Kier alpha value is -4.69. The second kappa shape index (κ2) is 11.7. The summed E-state index contributed by atoms with van der Waals surface area (Å²) in [6.07, 6.45) is 0.829. The highest BCUT2D eigenvalue weighted by atomic mass is 35.5. The van der Waals surface area contributed by atoms with E-state index >= 15 is 0 Å². The summed E-state index contributed by atoms with van der Waals surface area (Å²) >= 11 is 6.20. The number of carbonyl (C=O) groups is 1. The van der Waals surface area contributed by atoms with Gasteiger partial charge in [-0.2, -0.15) is 0 Å². The van der Waals surface area contributed by atoms with Crippen LogP contribution in [0.2, 0.25) is 5.02 Å². The number of hydrogen-bond donors (Lipinski definition) is 1. The van der Waals surface area contributed by atoms with Crippen LogP contribution in [-0.2, 0) is 11.2 Å². The molecular weight excluding hydrogens is 550 g/mol. The van der Waals surface area contributed by atoms with E-state index < -0.39 is 6.04 Å². The minimum atomic E-state index is -0.550. The molecular formula is C33H30ClN5O3. The van der Waals surface area contributed by atoms with Crippen molar-refractivity contribution in [2.45, 2.75) is 25.8 Å². The molecule has 1 aliphatic heterocycles. The second-order valence-corrected chi connectivity index (χ2v) is 10.6. The Morgan fingerprint density at radius 2 is 1.62 bits per heavy atom. The molecule has 0 saturated carbocycles. The fourth-order valence-corrected chi connectivity index (χ4v) is 5.45. The molecule has 0 unspecified atom stereocenters. The molecule has 8 nitrogen and oxygen atoms in total. The summed E-state index contributed by atoms with van der Waals surface area (Å²) in [5.74, 6) is 2.75. The Kier molecular flexibility index (Phi) is 7.63. The molecule has 4 aromatic carbocycles. The lowest BCUT2D eigenvalue weighted by Gasteiger charge is -2.14. The number of benzene rings is 4. The van der Waals surface area contributed by atoms with Crippen molar-refractivity contribution in [2.24, 2.45) is 4.99 Å². The summed E-state index contributed by atoms with van der Waals surface area (Å²) in [5, 5.41) is 14.8. The highest BCUT2D eigenvalue weighted by Crippen LogP contribution is 2.34. The van der Waals surface area contributed by atoms with Crippen LogP contribution in [-0.4, -0.2) is 47.1 Å². The Morgan fingerprint density at radius 3 is 2.40 bits per heavy atom. The van der Waals surface area contributed by atoms with Gasteiger partial charge < -0.3 is 14.8 Å². The maximum atomic E-state index is 13.3. The SMILES string of the molecule is COc1ccc2c(c1)C(c1ccc(Cl)cc1)=N[C@@H](CC(=O)NCCc1ccc3cc(OC)ccc3c1)c1nnc(C)n1-2. The molecule has 9 heteroatoms. The minimum absolute atomic E-state index is 0.111. The zero-order chi connectivity index (χ0) is 29.2. The number of nitrogens with one attached hydrogen (secondary N) is 1. The number of aryl methyl sites for hydroxylation is 1. The largest absolute Gasteiger partial charge is 0.497 e. The first-order chi connectivity index (χ1) is 20.4. The molecule has 0 radical (unpaired) electrons. The van der Waals surface area contributed by atoms with E-state index in [9.17, 15) is 4.79 Å². The van der Waals surface area contributed by atoms with Crippen LogP contribution in [0.1, 0.15) is 40.8 Å². The number of rotatable bonds is 8. The van der Waals surface area contributed by atoms with Crippen LogP contribution >= 0.6 is 11.6 Å². The fraction of sp³-hybridized carbons (Fsp3) is 0.212. The van der Waals surface area contributed by atoms with Gasteiger partial charge in [0.2, 0.25) is 5.91 Å². The van der Waals surface area contributed by atoms with Crippen molar-refractivity contribution in [3.05, 3.63) is 112 Å². The lowest BCUT2D eigenvalue weighted by atomic mass is 10.00. The highest BCUT2D eigenvalue weighted by Gasteiger charge is 2.30. The number of aliphatic imine (C=N–C) groups is 1. The molecule has 0 saturated heterocycles. The van der Waals surface area contributed by atoms with Gasteiger partial charge in [-0.3, -0.25) is 14.4 Å². The normalized spacial score (nSPS) is 14.0. The van der Waals surface area contributed by atoms with Crippen LogP contribution in [0.3, 0.4) is 0 Å². The molecule has 1 aromatic heterocycles. The Balaban J connectivity index is 1.26. The molecule has 0 aliphatic carbocycles. The van der Waals surface area contributed by atoms with Crippen molar-refractivity contribution in [1.29, 1.82) is 0 Å². The maximum Gasteiger partial charge on any atom is 0.222 e. The van der Waals surface area contributed by atoms with Gasteiger partial charge in [-0.15, -0.1) is 10.2 Å². The van der Waals surface area contributed by atoms with Gasteiger partial charge in [0.25, 0.3) is 0 Å². The molecule has 2 heterocycles. The lowest BCUT2D eigenvalue weighted by molar-refractivity contribution is -0.121. The molecule has 1 atom stereocenters. The van der Waals surface area contributed by atoms with Crippen LogP contribution in [0, 0.1) is 6.92 Å². The van der Waals surface area contributed by atoms with Crippen LogP contribution in [0.15, 0.2) is 83.9 Å². The number of amides is 1. The monoisotopic (exact) mass is 579 g/mol. The number of carbonyl (C=O) groups excluding carboxylic acids is 1. The third-order valence-electron chi connectivity index (χ3n) is 7.48. The smallest absolute Gasteiger partial charge is 0.222 e. The number of aromatic nitrogens is 3. The summed E-state index contributed by atoms with van der Waals surface area (Å²) < 4.78 is 12.8. The summed E-state index contributed by atoms with van der Waals surface area (Å²) in [6.45, 7) is 2.40.